The van der Waals surface area contributed by atoms with E-state index in [1.807, 2.05) is 36.1 Å². The fourth-order valence-electron chi connectivity index (χ4n) is 4.08. The van der Waals surface area contributed by atoms with Crippen LogP contribution in [0.2, 0.25) is 0 Å². The molecule has 1 saturated heterocycles. The SMILES string of the molecule is Cc1ccc(C(=O)N2CCC(c3ccc(N)cc3)CC2)cc1NC(=O)c1ccnc(C#N)c1. The number of hydrogen-bond donors (Lipinski definition) is 2. The maximum absolute atomic E-state index is 13.1. The highest BCUT2D eigenvalue weighted by atomic mass is 16.2. The van der Waals surface area contributed by atoms with E-state index in [9.17, 15) is 9.59 Å². The van der Waals surface area contributed by atoms with Gasteiger partial charge in [-0.05, 0) is 73.2 Å². The normalized spacial score (nSPS) is 13.9. The van der Waals surface area contributed by atoms with Crippen LogP contribution in [0.25, 0.3) is 0 Å². The lowest BCUT2D eigenvalue weighted by molar-refractivity contribution is 0.0712. The molecule has 0 radical (unpaired) electrons. The number of nitrogens with one attached hydrogen (secondary N) is 1. The van der Waals surface area contributed by atoms with Crippen molar-refractivity contribution < 1.29 is 9.59 Å². The number of nitriles is 1. The number of hydrogen-bond acceptors (Lipinski definition) is 5. The quantitative estimate of drug-likeness (QED) is 0.594. The van der Waals surface area contributed by atoms with E-state index < -0.39 is 0 Å². The molecule has 2 aromatic carbocycles. The van der Waals surface area contributed by atoms with Gasteiger partial charge in [0, 0.05) is 41.8 Å². The van der Waals surface area contributed by atoms with E-state index in [4.69, 9.17) is 11.0 Å². The van der Waals surface area contributed by atoms with Crippen molar-refractivity contribution >= 4 is 23.2 Å². The lowest BCUT2D eigenvalue weighted by Gasteiger charge is -2.32. The van der Waals surface area contributed by atoms with Gasteiger partial charge in [0.2, 0.25) is 0 Å². The number of amides is 2. The molecule has 7 nitrogen and oxygen atoms in total. The van der Waals surface area contributed by atoms with Gasteiger partial charge in [-0.2, -0.15) is 5.26 Å². The van der Waals surface area contributed by atoms with Gasteiger partial charge < -0.3 is 16.0 Å². The average molecular weight is 440 g/mol. The predicted molar refractivity (Wildman–Crippen MR) is 127 cm³/mol. The minimum absolute atomic E-state index is 0.0445. The Kier molecular flexibility index (Phi) is 6.36. The first-order valence-electron chi connectivity index (χ1n) is 10.9. The topological polar surface area (TPSA) is 112 Å². The van der Waals surface area contributed by atoms with Crippen molar-refractivity contribution in [3.8, 4) is 6.07 Å². The van der Waals surface area contributed by atoms with Gasteiger partial charge in [0.25, 0.3) is 11.8 Å². The lowest BCUT2D eigenvalue weighted by Crippen LogP contribution is -2.38. The Morgan fingerprint density at radius 1 is 1.06 bits per heavy atom. The Bertz CT molecular complexity index is 1220. The summed E-state index contributed by atoms with van der Waals surface area (Å²) in [5.74, 6) is 0.0176. The van der Waals surface area contributed by atoms with Crippen molar-refractivity contribution in [2.24, 2.45) is 0 Å². The number of likely N-dealkylation sites (tertiary alicyclic amines) is 1. The van der Waals surface area contributed by atoms with Crippen molar-refractivity contribution in [2.75, 3.05) is 24.1 Å². The van der Waals surface area contributed by atoms with E-state index in [1.165, 1.54) is 17.8 Å². The molecule has 0 bridgehead atoms. The second-order valence-corrected chi connectivity index (χ2v) is 8.26. The summed E-state index contributed by atoms with van der Waals surface area (Å²) in [7, 11) is 0. The second-order valence-electron chi connectivity index (χ2n) is 8.26. The highest BCUT2D eigenvalue weighted by Crippen LogP contribution is 2.29. The Balaban J connectivity index is 1.44. The molecule has 1 aromatic heterocycles. The largest absolute Gasteiger partial charge is 0.399 e. The number of anilines is 2. The number of aryl methyl sites for hydroxylation is 1. The van der Waals surface area contributed by atoms with Crippen molar-refractivity contribution in [3.63, 3.8) is 0 Å². The minimum Gasteiger partial charge on any atom is -0.399 e. The molecule has 7 heteroatoms. The molecule has 4 rings (SSSR count). The molecular formula is C26H25N5O2. The van der Waals surface area contributed by atoms with Gasteiger partial charge >= 0.3 is 0 Å². The molecule has 1 aliphatic rings. The molecule has 1 fully saturated rings. The molecule has 0 unspecified atom stereocenters. The van der Waals surface area contributed by atoms with Crippen LogP contribution in [-0.2, 0) is 0 Å². The highest BCUT2D eigenvalue weighted by Gasteiger charge is 2.25. The molecule has 1 aliphatic heterocycles. The van der Waals surface area contributed by atoms with E-state index in [-0.39, 0.29) is 17.5 Å². The van der Waals surface area contributed by atoms with Gasteiger partial charge in [0.1, 0.15) is 11.8 Å². The van der Waals surface area contributed by atoms with Crippen LogP contribution in [0, 0.1) is 18.3 Å². The van der Waals surface area contributed by atoms with E-state index in [1.54, 1.807) is 18.2 Å². The van der Waals surface area contributed by atoms with Gasteiger partial charge in [-0.25, -0.2) is 4.98 Å². The zero-order valence-electron chi connectivity index (χ0n) is 18.4. The van der Waals surface area contributed by atoms with Crippen molar-refractivity contribution in [1.29, 1.82) is 5.26 Å². The summed E-state index contributed by atoms with van der Waals surface area (Å²) in [6.45, 7) is 3.23. The van der Waals surface area contributed by atoms with Gasteiger partial charge in [-0.15, -0.1) is 0 Å². The van der Waals surface area contributed by atoms with Crippen LogP contribution in [-0.4, -0.2) is 34.8 Å². The Labute approximate surface area is 192 Å². The van der Waals surface area contributed by atoms with Crippen LogP contribution in [0.15, 0.2) is 60.8 Å². The summed E-state index contributed by atoms with van der Waals surface area (Å²) in [4.78, 5) is 31.6. The number of nitrogen functional groups attached to an aromatic ring is 1. The summed E-state index contributed by atoms with van der Waals surface area (Å²) in [6.07, 6.45) is 3.22. The third-order valence-electron chi connectivity index (χ3n) is 6.06. The molecule has 2 heterocycles. The summed E-state index contributed by atoms with van der Waals surface area (Å²) >= 11 is 0. The van der Waals surface area contributed by atoms with E-state index in [0.29, 0.717) is 35.8 Å². The number of pyridine rings is 1. The standard InChI is InChI=1S/C26H25N5O2/c1-17-2-3-21(15-24(17)30-25(32)20-8-11-29-23(14-20)16-27)26(33)31-12-9-19(10-13-31)18-4-6-22(28)7-5-18/h2-8,11,14-15,19H,9-10,12-13,28H2,1H3,(H,30,32). The molecule has 0 spiro atoms. The molecule has 3 N–H and O–H groups in total. The molecule has 2 amide bonds. The van der Waals surface area contributed by atoms with E-state index in [0.717, 1.165) is 24.1 Å². The number of benzene rings is 2. The van der Waals surface area contributed by atoms with Crippen molar-refractivity contribution in [3.05, 3.63) is 88.7 Å². The van der Waals surface area contributed by atoms with Crippen LogP contribution in [0.4, 0.5) is 11.4 Å². The monoisotopic (exact) mass is 439 g/mol. The number of rotatable bonds is 4. The minimum atomic E-state index is -0.356. The van der Waals surface area contributed by atoms with Gasteiger partial charge in [-0.1, -0.05) is 18.2 Å². The zero-order chi connectivity index (χ0) is 23.4. The first kappa shape index (κ1) is 22.0. The second kappa shape index (κ2) is 9.53. The smallest absolute Gasteiger partial charge is 0.255 e. The molecule has 33 heavy (non-hydrogen) atoms. The molecular weight excluding hydrogens is 414 g/mol. The first-order valence-corrected chi connectivity index (χ1v) is 10.9. The first-order chi connectivity index (χ1) is 15.9. The summed E-state index contributed by atoms with van der Waals surface area (Å²) in [6, 6.07) is 18.2. The number of aromatic nitrogens is 1. The summed E-state index contributed by atoms with van der Waals surface area (Å²) < 4.78 is 0. The number of carbonyl (C=O) groups is 2. The third kappa shape index (κ3) is 5.01. The Hall–Kier alpha value is -4.18. The molecule has 0 atom stereocenters. The number of piperidine rings is 1. The number of nitrogens with two attached hydrogens (primary N) is 1. The maximum atomic E-state index is 13.1. The van der Waals surface area contributed by atoms with Crippen molar-refractivity contribution in [2.45, 2.75) is 25.7 Å². The highest BCUT2D eigenvalue weighted by molar-refractivity contribution is 6.05. The fraction of sp³-hybridized carbons (Fsp3) is 0.231. The van der Waals surface area contributed by atoms with Crippen LogP contribution in [0.3, 0.4) is 0 Å². The van der Waals surface area contributed by atoms with E-state index in [2.05, 4.69) is 22.4 Å². The molecule has 0 saturated carbocycles. The maximum Gasteiger partial charge on any atom is 0.255 e. The van der Waals surface area contributed by atoms with E-state index >= 15 is 0 Å². The van der Waals surface area contributed by atoms with Gasteiger partial charge in [0.15, 0.2) is 0 Å². The molecule has 3 aromatic rings. The third-order valence-corrected chi connectivity index (χ3v) is 6.06. The Morgan fingerprint density at radius 2 is 1.79 bits per heavy atom. The van der Waals surface area contributed by atoms with Gasteiger partial charge in [0.05, 0.1) is 0 Å². The van der Waals surface area contributed by atoms with Crippen molar-refractivity contribution in [1.82, 2.24) is 9.88 Å². The fourth-order valence-corrected chi connectivity index (χ4v) is 4.08. The van der Waals surface area contributed by atoms with Gasteiger partial charge in [-0.3, -0.25) is 9.59 Å². The summed E-state index contributed by atoms with van der Waals surface area (Å²) in [5.41, 5.74) is 10.3. The molecule has 0 aliphatic carbocycles. The van der Waals surface area contributed by atoms with Crippen LogP contribution in [0.1, 0.15) is 56.3 Å². The molecule has 166 valence electrons. The Morgan fingerprint density at radius 3 is 2.48 bits per heavy atom. The van der Waals surface area contributed by atoms with Crippen LogP contribution in [0.5, 0.6) is 0 Å². The zero-order valence-corrected chi connectivity index (χ0v) is 18.4. The number of carbonyl (C=O) groups excluding carboxylic acids is 2. The summed E-state index contributed by atoms with van der Waals surface area (Å²) in [5, 5.41) is 11.9. The average Bonchev–Trinajstić information content (AvgIpc) is 2.85. The predicted octanol–water partition coefficient (Wildman–Crippen LogP) is 4.12. The lowest BCUT2D eigenvalue weighted by atomic mass is 9.89. The number of nitrogens with zero attached hydrogens (tertiary/aromatic N) is 3. The van der Waals surface area contributed by atoms with Crippen LogP contribution < -0.4 is 11.1 Å². The van der Waals surface area contributed by atoms with Crippen LogP contribution >= 0.6 is 0 Å².